The van der Waals surface area contributed by atoms with Gasteiger partial charge in [0.05, 0.1) is 11.5 Å². The Hall–Kier alpha value is -1.44. The third kappa shape index (κ3) is 5.08. The first-order chi connectivity index (χ1) is 10.4. The first kappa shape index (κ1) is 16.9. The van der Waals surface area contributed by atoms with Crippen molar-refractivity contribution in [2.45, 2.75) is 45.4 Å². The van der Waals surface area contributed by atoms with E-state index in [4.69, 9.17) is 4.52 Å². The van der Waals surface area contributed by atoms with Gasteiger partial charge in [0.1, 0.15) is 0 Å². The quantitative estimate of drug-likeness (QED) is 0.802. The van der Waals surface area contributed by atoms with Gasteiger partial charge >= 0.3 is 0 Å². The molecular formula is C14H23N3O4S. The zero-order valence-corrected chi connectivity index (χ0v) is 13.9. The predicted molar refractivity (Wildman–Crippen MR) is 81.1 cm³/mol. The fourth-order valence-electron chi connectivity index (χ4n) is 2.38. The van der Waals surface area contributed by atoms with Crippen LogP contribution < -0.4 is 5.32 Å². The van der Waals surface area contributed by atoms with Gasteiger partial charge in [0.25, 0.3) is 0 Å². The molecule has 0 radical (unpaired) electrons. The minimum absolute atomic E-state index is 0.0542. The fraction of sp³-hybridized carbons (Fsp3) is 0.786. The van der Waals surface area contributed by atoms with Gasteiger partial charge in [-0.15, -0.1) is 0 Å². The van der Waals surface area contributed by atoms with E-state index in [1.165, 1.54) is 0 Å². The van der Waals surface area contributed by atoms with Crippen molar-refractivity contribution < 1.29 is 17.7 Å². The van der Waals surface area contributed by atoms with Crippen molar-refractivity contribution in [1.82, 2.24) is 15.5 Å². The summed E-state index contributed by atoms with van der Waals surface area (Å²) in [7, 11) is -2.88. The topological polar surface area (TPSA) is 102 Å². The highest BCUT2D eigenvalue weighted by Gasteiger charge is 2.27. The molecule has 1 fully saturated rings. The van der Waals surface area contributed by atoms with Gasteiger partial charge in [-0.3, -0.25) is 4.79 Å². The van der Waals surface area contributed by atoms with E-state index in [0.717, 1.165) is 0 Å². The molecule has 1 aliphatic heterocycles. The third-order valence-electron chi connectivity index (χ3n) is 3.71. The second kappa shape index (κ2) is 7.21. The van der Waals surface area contributed by atoms with Crippen molar-refractivity contribution in [3.63, 3.8) is 0 Å². The molecule has 0 aliphatic carbocycles. The van der Waals surface area contributed by atoms with E-state index < -0.39 is 9.84 Å². The zero-order valence-electron chi connectivity index (χ0n) is 13.0. The Labute approximate surface area is 130 Å². The molecule has 7 nitrogen and oxygen atoms in total. The van der Waals surface area contributed by atoms with Gasteiger partial charge in [-0.05, 0) is 18.8 Å². The number of nitrogens with zero attached hydrogens (tertiary/aromatic N) is 2. The van der Waals surface area contributed by atoms with Crippen molar-refractivity contribution in [2.24, 2.45) is 5.92 Å². The van der Waals surface area contributed by atoms with Gasteiger partial charge < -0.3 is 9.84 Å². The van der Waals surface area contributed by atoms with Crippen LogP contribution in [0, 0.1) is 5.92 Å². The molecule has 0 spiro atoms. The van der Waals surface area contributed by atoms with E-state index >= 15 is 0 Å². The summed E-state index contributed by atoms with van der Waals surface area (Å²) in [5.74, 6) is 1.88. The van der Waals surface area contributed by atoms with E-state index in [0.29, 0.717) is 43.9 Å². The first-order valence-electron chi connectivity index (χ1n) is 7.65. The van der Waals surface area contributed by atoms with Crippen molar-refractivity contribution in [3.8, 4) is 0 Å². The molecule has 1 aromatic rings. The predicted octanol–water partition coefficient (Wildman–Crippen LogP) is 1.07. The largest absolute Gasteiger partial charge is 0.356 e. The molecule has 1 aromatic heterocycles. The van der Waals surface area contributed by atoms with Crippen LogP contribution >= 0.6 is 0 Å². The van der Waals surface area contributed by atoms with Crippen LogP contribution in [0.5, 0.6) is 0 Å². The number of sulfone groups is 1. The summed E-state index contributed by atoms with van der Waals surface area (Å²) in [6, 6.07) is 0. The standard InChI is InChI=1S/C14H23N3O4S/c1-10(2)14-16-13(21-17-14)5-3-4-12(18)15-8-11-6-7-22(19,20)9-11/h10-11H,3-9H2,1-2H3,(H,15,18)/t11-/m0/s1. The fourth-order valence-corrected chi connectivity index (χ4v) is 4.25. The maximum Gasteiger partial charge on any atom is 0.226 e. The van der Waals surface area contributed by atoms with Crippen LogP contribution in [0.2, 0.25) is 0 Å². The number of nitrogens with one attached hydrogen (secondary N) is 1. The van der Waals surface area contributed by atoms with Gasteiger partial charge in [-0.2, -0.15) is 4.98 Å². The molecule has 0 bridgehead atoms. The van der Waals surface area contributed by atoms with Gasteiger partial charge in [0.15, 0.2) is 15.7 Å². The number of hydrogen-bond donors (Lipinski definition) is 1. The molecule has 22 heavy (non-hydrogen) atoms. The zero-order chi connectivity index (χ0) is 16.2. The van der Waals surface area contributed by atoms with E-state index in [2.05, 4.69) is 15.5 Å². The van der Waals surface area contributed by atoms with Gasteiger partial charge in [0.2, 0.25) is 11.8 Å². The van der Waals surface area contributed by atoms with Crippen LogP contribution in [-0.2, 0) is 21.1 Å². The van der Waals surface area contributed by atoms with Crippen molar-refractivity contribution >= 4 is 15.7 Å². The monoisotopic (exact) mass is 329 g/mol. The lowest BCUT2D eigenvalue weighted by Gasteiger charge is -2.09. The lowest BCUT2D eigenvalue weighted by Crippen LogP contribution is -2.29. The maximum absolute atomic E-state index is 11.7. The molecule has 124 valence electrons. The highest BCUT2D eigenvalue weighted by atomic mass is 32.2. The van der Waals surface area contributed by atoms with E-state index in [9.17, 15) is 13.2 Å². The summed E-state index contributed by atoms with van der Waals surface area (Å²) < 4.78 is 27.8. The summed E-state index contributed by atoms with van der Waals surface area (Å²) in [6.45, 7) is 4.42. The van der Waals surface area contributed by atoms with E-state index in [-0.39, 0.29) is 29.2 Å². The van der Waals surface area contributed by atoms with Crippen LogP contribution in [0.25, 0.3) is 0 Å². The van der Waals surface area contributed by atoms with E-state index in [1.54, 1.807) is 0 Å². The van der Waals surface area contributed by atoms with Gasteiger partial charge in [0, 0.05) is 25.3 Å². The maximum atomic E-state index is 11.7. The second-order valence-corrected chi connectivity index (χ2v) is 8.36. The lowest BCUT2D eigenvalue weighted by atomic mass is 10.1. The number of rotatable bonds is 7. The Morgan fingerprint density at radius 1 is 1.45 bits per heavy atom. The number of carbonyl (C=O) groups is 1. The van der Waals surface area contributed by atoms with Crippen LogP contribution in [-0.4, -0.2) is 42.5 Å². The second-order valence-electron chi connectivity index (χ2n) is 6.13. The third-order valence-corrected chi connectivity index (χ3v) is 5.55. The lowest BCUT2D eigenvalue weighted by molar-refractivity contribution is -0.121. The van der Waals surface area contributed by atoms with Crippen LogP contribution in [0.1, 0.15) is 50.7 Å². The number of aryl methyl sites for hydroxylation is 1. The number of amides is 1. The molecule has 8 heteroatoms. The molecule has 2 rings (SSSR count). The molecule has 1 amide bonds. The Bertz CT molecular complexity index is 609. The van der Waals surface area contributed by atoms with Crippen LogP contribution in [0.4, 0.5) is 0 Å². The summed E-state index contributed by atoms with van der Waals surface area (Å²) >= 11 is 0. The van der Waals surface area contributed by atoms with Gasteiger partial charge in [-0.25, -0.2) is 8.42 Å². The molecule has 2 heterocycles. The average molecular weight is 329 g/mol. The molecule has 1 aliphatic rings. The summed E-state index contributed by atoms with van der Waals surface area (Å²) in [5, 5.41) is 6.67. The van der Waals surface area contributed by atoms with Crippen molar-refractivity contribution in [2.75, 3.05) is 18.1 Å². The minimum Gasteiger partial charge on any atom is -0.356 e. The SMILES string of the molecule is CC(C)c1noc(CCCC(=O)NC[C@@H]2CCS(=O)(=O)C2)n1. The first-order valence-corrected chi connectivity index (χ1v) is 9.47. The smallest absolute Gasteiger partial charge is 0.226 e. The molecule has 0 aromatic carbocycles. The Morgan fingerprint density at radius 3 is 2.82 bits per heavy atom. The molecule has 1 N–H and O–H groups in total. The molecule has 1 atom stereocenters. The van der Waals surface area contributed by atoms with Crippen molar-refractivity contribution in [3.05, 3.63) is 11.7 Å². The molecule has 1 saturated heterocycles. The van der Waals surface area contributed by atoms with Crippen LogP contribution in [0.3, 0.4) is 0 Å². The number of carbonyl (C=O) groups excluding carboxylic acids is 1. The number of aromatic nitrogens is 2. The molecular weight excluding hydrogens is 306 g/mol. The Balaban J connectivity index is 1.63. The summed E-state index contributed by atoms with van der Waals surface area (Å²) in [5.41, 5.74) is 0. The minimum atomic E-state index is -2.88. The summed E-state index contributed by atoms with van der Waals surface area (Å²) in [4.78, 5) is 16.0. The molecule has 0 unspecified atom stereocenters. The Kier molecular flexibility index (Phi) is 5.55. The number of hydrogen-bond acceptors (Lipinski definition) is 6. The highest BCUT2D eigenvalue weighted by Crippen LogP contribution is 2.17. The molecule has 0 saturated carbocycles. The van der Waals surface area contributed by atoms with E-state index in [1.807, 2.05) is 13.8 Å². The normalized spacial score (nSPS) is 20.4. The Morgan fingerprint density at radius 2 is 2.23 bits per heavy atom. The average Bonchev–Trinajstić information content (AvgIpc) is 3.03. The highest BCUT2D eigenvalue weighted by molar-refractivity contribution is 7.91. The van der Waals surface area contributed by atoms with Crippen molar-refractivity contribution in [1.29, 1.82) is 0 Å². The van der Waals surface area contributed by atoms with Crippen LogP contribution in [0.15, 0.2) is 4.52 Å². The van der Waals surface area contributed by atoms with Gasteiger partial charge in [-0.1, -0.05) is 19.0 Å². The summed E-state index contributed by atoms with van der Waals surface area (Å²) in [6.07, 6.45) is 2.22.